The minimum Gasteiger partial charge on any atom is -0.467 e. The number of amides is 1. The van der Waals surface area contributed by atoms with Gasteiger partial charge in [-0.2, -0.15) is 0 Å². The molecule has 0 saturated carbocycles. The first-order valence-corrected chi connectivity index (χ1v) is 5.13. The number of nitrogens with one attached hydrogen (secondary N) is 1. The van der Waals surface area contributed by atoms with E-state index in [2.05, 4.69) is 10.1 Å². The molecule has 88 valence electrons. The van der Waals surface area contributed by atoms with Crippen LogP contribution in [0.2, 0.25) is 0 Å². The number of hydrogen-bond acceptors (Lipinski definition) is 4. The molecule has 0 spiro atoms. The zero-order valence-corrected chi connectivity index (χ0v) is 9.28. The molecule has 5 heteroatoms. The first-order chi connectivity index (χ1) is 7.15. The number of esters is 1. The van der Waals surface area contributed by atoms with Gasteiger partial charge in [0.05, 0.1) is 13.7 Å². The molecule has 0 aromatic heterocycles. The first kappa shape index (κ1) is 13.9. The summed E-state index contributed by atoms with van der Waals surface area (Å²) in [6.07, 6.45) is 3.19. The molecule has 1 atom stereocenters. The number of methoxy groups -OCH3 is 1. The molecule has 0 aliphatic carbocycles. The standard InChI is InChI=1S/C10H19NO4/c1-3-4-5-6-9(13)11-8(7-12)10(14)15-2/h8,12H,3-7H2,1-2H3,(H,11,13). The van der Waals surface area contributed by atoms with Gasteiger partial charge < -0.3 is 15.2 Å². The van der Waals surface area contributed by atoms with Gasteiger partial charge in [-0.1, -0.05) is 19.8 Å². The van der Waals surface area contributed by atoms with Crippen LogP contribution in [0.3, 0.4) is 0 Å². The Morgan fingerprint density at radius 2 is 2.07 bits per heavy atom. The number of hydrogen-bond donors (Lipinski definition) is 2. The molecule has 0 saturated heterocycles. The maximum absolute atomic E-state index is 11.3. The molecule has 1 amide bonds. The highest BCUT2D eigenvalue weighted by atomic mass is 16.5. The van der Waals surface area contributed by atoms with Crippen LogP contribution in [-0.4, -0.2) is 36.7 Å². The van der Waals surface area contributed by atoms with Gasteiger partial charge in [0.2, 0.25) is 5.91 Å². The van der Waals surface area contributed by atoms with Crippen LogP contribution in [0.25, 0.3) is 0 Å². The van der Waals surface area contributed by atoms with Gasteiger partial charge in [0.1, 0.15) is 0 Å². The maximum Gasteiger partial charge on any atom is 0.330 e. The predicted molar refractivity (Wildman–Crippen MR) is 55.2 cm³/mol. The largest absolute Gasteiger partial charge is 0.467 e. The van der Waals surface area contributed by atoms with E-state index in [1.165, 1.54) is 7.11 Å². The Balaban J connectivity index is 3.85. The van der Waals surface area contributed by atoms with E-state index >= 15 is 0 Å². The number of aliphatic hydroxyl groups excluding tert-OH is 1. The Morgan fingerprint density at radius 3 is 2.53 bits per heavy atom. The molecule has 0 rings (SSSR count). The topological polar surface area (TPSA) is 75.6 Å². The Hall–Kier alpha value is -1.10. The van der Waals surface area contributed by atoms with E-state index in [9.17, 15) is 9.59 Å². The third-order valence-electron chi connectivity index (χ3n) is 2.01. The summed E-state index contributed by atoms with van der Waals surface area (Å²) in [4.78, 5) is 22.3. The fourth-order valence-electron chi connectivity index (χ4n) is 1.12. The summed E-state index contributed by atoms with van der Waals surface area (Å²) in [6, 6.07) is -0.941. The SMILES string of the molecule is CCCCCC(=O)NC(CO)C(=O)OC. The van der Waals surface area contributed by atoms with Gasteiger partial charge in [0, 0.05) is 6.42 Å². The lowest BCUT2D eigenvalue weighted by atomic mass is 10.2. The normalized spacial score (nSPS) is 11.9. The van der Waals surface area contributed by atoms with E-state index in [0.717, 1.165) is 19.3 Å². The highest BCUT2D eigenvalue weighted by molar-refractivity contribution is 5.84. The number of carbonyl (C=O) groups is 2. The lowest BCUT2D eigenvalue weighted by Crippen LogP contribution is -2.43. The second-order valence-electron chi connectivity index (χ2n) is 3.28. The molecule has 0 aliphatic rings. The van der Waals surface area contributed by atoms with Gasteiger partial charge in [-0.15, -0.1) is 0 Å². The van der Waals surface area contributed by atoms with E-state index in [4.69, 9.17) is 5.11 Å². The van der Waals surface area contributed by atoms with Crippen LogP contribution < -0.4 is 5.32 Å². The number of ether oxygens (including phenoxy) is 1. The second kappa shape index (κ2) is 8.23. The highest BCUT2D eigenvalue weighted by Crippen LogP contribution is 1.99. The Morgan fingerprint density at radius 1 is 1.40 bits per heavy atom. The zero-order chi connectivity index (χ0) is 11.7. The van der Waals surface area contributed by atoms with Crippen molar-refractivity contribution in [1.82, 2.24) is 5.32 Å². The molecule has 0 radical (unpaired) electrons. The molecule has 0 aliphatic heterocycles. The quantitative estimate of drug-likeness (QED) is 0.472. The molecular formula is C10H19NO4. The fraction of sp³-hybridized carbons (Fsp3) is 0.800. The summed E-state index contributed by atoms with van der Waals surface area (Å²) in [5.74, 6) is -0.853. The second-order valence-corrected chi connectivity index (χ2v) is 3.28. The van der Waals surface area contributed by atoms with Crippen LogP contribution in [0.15, 0.2) is 0 Å². The van der Waals surface area contributed by atoms with E-state index in [1.54, 1.807) is 0 Å². The van der Waals surface area contributed by atoms with Crippen molar-refractivity contribution in [3.63, 3.8) is 0 Å². The van der Waals surface area contributed by atoms with E-state index in [0.29, 0.717) is 6.42 Å². The van der Waals surface area contributed by atoms with Crippen LogP contribution in [0.4, 0.5) is 0 Å². The molecular weight excluding hydrogens is 198 g/mol. The smallest absolute Gasteiger partial charge is 0.330 e. The summed E-state index contributed by atoms with van der Waals surface area (Å²) >= 11 is 0. The molecule has 15 heavy (non-hydrogen) atoms. The van der Waals surface area contributed by atoms with Crippen molar-refractivity contribution in [3.8, 4) is 0 Å². The summed E-state index contributed by atoms with van der Waals surface area (Å²) in [7, 11) is 1.22. The molecule has 5 nitrogen and oxygen atoms in total. The van der Waals surface area contributed by atoms with Crippen molar-refractivity contribution >= 4 is 11.9 Å². The predicted octanol–water partition coefficient (Wildman–Crippen LogP) is 0.217. The first-order valence-electron chi connectivity index (χ1n) is 5.13. The number of rotatable bonds is 7. The summed E-state index contributed by atoms with van der Waals surface area (Å²) in [5, 5.41) is 11.2. The van der Waals surface area contributed by atoms with E-state index in [-0.39, 0.29) is 5.91 Å². The third-order valence-corrected chi connectivity index (χ3v) is 2.01. The Bertz CT molecular complexity index is 206. The summed E-state index contributed by atoms with van der Waals surface area (Å²) < 4.78 is 4.42. The van der Waals surface area contributed by atoms with Crippen LogP contribution >= 0.6 is 0 Å². The molecule has 0 aromatic carbocycles. The zero-order valence-electron chi connectivity index (χ0n) is 9.28. The molecule has 0 bridgehead atoms. The minimum atomic E-state index is -0.941. The van der Waals surface area contributed by atoms with Crippen LogP contribution in [0, 0.1) is 0 Å². The van der Waals surface area contributed by atoms with Crippen LogP contribution in [0.5, 0.6) is 0 Å². The lowest BCUT2D eigenvalue weighted by Gasteiger charge is -2.13. The average molecular weight is 217 g/mol. The van der Waals surface area contributed by atoms with Crippen molar-refractivity contribution in [2.75, 3.05) is 13.7 Å². The van der Waals surface area contributed by atoms with Gasteiger partial charge in [-0.05, 0) is 6.42 Å². The van der Waals surface area contributed by atoms with Gasteiger partial charge >= 0.3 is 5.97 Å². The van der Waals surface area contributed by atoms with Gasteiger partial charge in [-0.25, -0.2) is 4.79 Å². The molecule has 1 unspecified atom stereocenters. The van der Waals surface area contributed by atoms with E-state index in [1.807, 2.05) is 6.92 Å². The number of aliphatic hydroxyl groups is 1. The van der Waals surface area contributed by atoms with Crippen LogP contribution in [-0.2, 0) is 14.3 Å². The van der Waals surface area contributed by atoms with Gasteiger partial charge in [-0.3, -0.25) is 4.79 Å². The van der Waals surface area contributed by atoms with Gasteiger partial charge in [0.25, 0.3) is 0 Å². The Labute approximate surface area is 89.8 Å². The molecule has 0 aromatic rings. The maximum atomic E-state index is 11.3. The van der Waals surface area contributed by atoms with E-state index < -0.39 is 18.6 Å². The number of unbranched alkanes of at least 4 members (excludes halogenated alkanes) is 2. The highest BCUT2D eigenvalue weighted by Gasteiger charge is 2.19. The van der Waals surface area contributed by atoms with Crippen molar-refractivity contribution in [2.24, 2.45) is 0 Å². The van der Waals surface area contributed by atoms with Gasteiger partial charge in [0.15, 0.2) is 6.04 Å². The molecule has 0 fully saturated rings. The third kappa shape index (κ3) is 6.06. The monoisotopic (exact) mass is 217 g/mol. The van der Waals surface area contributed by atoms with Crippen molar-refractivity contribution in [2.45, 2.75) is 38.6 Å². The Kier molecular flexibility index (Phi) is 7.62. The van der Waals surface area contributed by atoms with Crippen molar-refractivity contribution < 1.29 is 19.4 Å². The summed E-state index contributed by atoms with van der Waals surface area (Å²) in [5.41, 5.74) is 0. The minimum absolute atomic E-state index is 0.229. The fourth-order valence-corrected chi connectivity index (χ4v) is 1.12. The lowest BCUT2D eigenvalue weighted by molar-refractivity contribution is -0.146. The summed E-state index contributed by atoms with van der Waals surface area (Å²) in [6.45, 7) is 1.61. The van der Waals surface area contributed by atoms with Crippen LogP contribution in [0.1, 0.15) is 32.6 Å². The molecule has 0 heterocycles. The molecule has 2 N–H and O–H groups in total. The number of carbonyl (C=O) groups excluding carboxylic acids is 2. The van der Waals surface area contributed by atoms with Crippen molar-refractivity contribution in [3.05, 3.63) is 0 Å². The van der Waals surface area contributed by atoms with Crippen molar-refractivity contribution in [1.29, 1.82) is 0 Å². The average Bonchev–Trinajstić information content (AvgIpc) is 2.25.